The molecule has 0 aliphatic carbocycles. The van der Waals surface area contributed by atoms with Crippen molar-refractivity contribution >= 4 is 41.5 Å². The summed E-state index contributed by atoms with van der Waals surface area (Å²) in [5.41, 5.74) is 4.28. The number of halogens is 2. The summed E-state index contributed by atoms with van der Waals surface area (Å²) < 4.78 is 5.29. The molecule has 7 heteroatoms. The molecule has 4 rings (SSSR count). The molecule has 0 amide bonds. The van der Waals surface area contributed by atoms with Gasteiger partial charge in [0.25, 0.3) is 0 Å². The summed E-state index contributed by atoms with van der Waals surface area (Å²) in [7, 11) is 3.85. The average molecular weight is 437 g/mol. The molecule has 2 aromatic carbocycles. The molecule has 1 aliphatic heterocycles. The second-order valence-corrected chi connectivity index (χ2v) is 7.34. The van der Waals surface area contributed by atoms with Crippen molar-refractivity contribution in [2.75, 3.05) is 45.2 Å². The van der Waals surface area contributed by atoms with Crippen LogP contribution in [0.1, 0.15) is 19.3 Å². The fraction of sp³-hybridized carbons (Fsp3) is 0.409. The van der Waals surface area contributed by atoms with Crippen LogP contribution in [-0.2, 0) is 0 Å². The SMILES string of the molecule is COc1ccc2nc(-c3ccc(N(C)CCN4CCCCC4)cc3)[nH]c2c1.Cl.Cl. The number of imidazole rings is 1. The second-order valence-electron chi connectivity index (χ2n) is 7.34. The van der Waals surface area contributed by atoms with E-state index in [4.69, 9.17) is 9.72 Å². The first-order valence-corrected chi connectivity index (χ1v) is 9.80. The van der Waals surface area contributed by atoms with Crippen LogP contribution in [0.4, 0.5) is 5.69 Å². The summed E-state index contributed by atoms with van der Waals surface area (Å²) in [5, 5.41) is 0. The third kappa shape index (κ3) is 5.56. The number of ether oxygens (including phenoxy) is 1. The summed E-state index contributed by atoms with van der Waals surface area (Å²) in [6.07, 6.45) is 4.09. The monoisotopic (exact) mass is 436 g/mol. The highest BCUT2D eigenvalue weighted by Crippen LogP contribution is 2.25. The van der Waals surface area contributed by atoms with E-state index in [9.17, 15) is 0 Å². The summed E-state index contributed by atoms with van der Waals surface area (Å²) in [6, 6.07) is 14.5. The predicted molar refractivity (Wildman–Crippen MR) is 126 cm³/mol. The van der Waals surface area contributed by atoms with E-state index >= 15 is 0 Å². The van der Waals surface area contributed by atoms with Gasteiger partial charge < -0.3 is 19.5 Å². The van der Waals surface area contributed by atoms with Gasteiger partial charge in [0.2, 0.25) is 0 Å². The predicted octanol–water partition coefficient (Wildman–Crippen LogP) is 5.00. The number of methoxy groups -OCH3 is 1. The Morgan fingerprint density at radius 3 is 2.45 bits per heavy atom. The Bertz CT molecular complexity index is 891. The lowest BCUT2D eigenvalue weighted by atomic mass is 10.1. The van der Waals surface area contributed by atoms with Crippen molar-refractivity contribution in [3.63, 3.8) is 0 Å². The van der Waals surface area contributed by atoms with E-state index in [2.05, 4.69) is 46.1 Å². The van der Waals surface area contributed by atoms with Gasteiger partial charge in [-0.15, -0.1) is 24.8 Å². The molecule has 1 N–H and O–H groups in total. The minimum atomic E-state index is 0. The lowest BCUT2D eigenvalue weighted by Crippen LogP contribution is -2.36. The van der Waals surface area contributed by atoms with Gasteiger partial charge in [0.1, 0.15) is 11.6 Å². The quantitative estimate of drug-likeness (QED) is 0.589. The molecule has 0 spiro atoms. The minimum Gasteiger partial charge on any atom is -0.497 e. The van der Waals surface area contributed by atoms with Gasteiger partial charge in [0.15, 0.2) is 0 Å². The number of anilines is 1. The van der Waals surface area contributed by atoms with Crippen LogP contribution in [0.5, 0.6) is 5.75 Å². The minimum absolute atomic E-state index is 0. The molecule has 0 saturated carbocycles. The highest BCUT2D eigenvalue weighted by atomic mass is 35.5. The lowest BCUT2D eigenvalue weighted by Gasteiger charge is -2.29. The number of nitrogens with one attached hydrogen (secondary N) is 1. The van der Waals surface area contributed by atoms with Crippen LogP contribution in [0.3, 0.4) is 0 Å². The van der Waals surface area contributed by atoms with E-state index in [0.717, 1.165) is 41.3 Å². The molecule has 2 heterocycles. The Morgan fingerprint density at radius 1 is 1.03 bits per heavy atom. The molecular formula is C22H30Cl2N4O. The number of likely N-dealkylation sites (N-methyl/N-ethyl adjacent to an activating group) is 1. The van der Waals surface area contributed by atoms with Gasteiger partial charge in [0.05, 0.1) is 18.1 Å². The highest BCUT2D eigenvalue weighted by molar-refractivity contribution is 5.85. The van der Waals surface area contributed by atoms with Crippen LogP contribution in [0.2, 0.25) is 0 Å². The number of nitrogens with zero attached hydrogens (tertiary/aromatic N) is 3. The molecule has 1 aliphatic rings. The van der Waals surface area contributed by atoms with Gasteiger partial charge in [-0.2, -0.15) is 0 Å². The van der Waals surface area contributed by atoms with Crippen LogP contribution in [0.25, 0.3) is 22.4 Å². The molecule has 3 aromatic rings. The van der Waals surface area contributed by atoms with Crippen molar-refractivity contribution < 1.29 is 4.74 Å². The van der Waals surface area contributed by atoms with Gasteiger partial charge in [-0.3, -0.25) is 0 Å². The van der Waals surface area contributed by atoms with E-state index in [1.54, 1.807) is 7.11 Å². The Kier molecular flexibility index (Phi) is 8.62. The molecule has 0 radical (unpaired) electrons. The Balaban J connectivity index is 0.00000150. The van der Waals surface area contributed by atoms with E-state index in [-0.39, 0.29) is 24.8 Å². The molecule has 5 nitrogen and oxygen atoms in total. The maximum absolute atomic E-state index is 5.29. The third-order valence-corrected chi connectivity index (χ3v) is 5.47. The molecule has 29 heavy (non-hydrogen) atoms. The van der Waals surface area contributed by atoms with Gasteiger partial charge in [-0.05, 0) is 62.3 Å². The zero-order chi connectivity index (χ0) is 18.6. The summed E-state index contributed by atoms with van der Waals surface area (Å²) in [6.45, 7) is 4.71. The number of aromatic amines is 1. The first-order chi connectivity index (χ1) is 13.2. The molecule has 0 bridgehead atoms. The number of aromatic nitrogens is 2. The van der Waals surface area contributed by atoms with Gasteiger partial charge in [-0.25, -0.2) is 4.98 Å². The van der Waals surface area contributed by atoms with Crippen molar-refractivity contribution in [3.8, 4) is 17.1 Å². The van der Waals surface area contributed by atoms with Gasteiger partial charge in [0, 0.05) is 37.5 Å². The molecular weight excluding hydrogens is 407 g/mol. The number of benzene rings is 2. The van der Waals surface area contributed by atoms with E-state index in [1.807, 2.05) is 18.2 Å². The summed E-state index contributed by atoms with van der Waals surface area (Å²) in [5.74, 6) is 1.73. The smallest absolute Gasteiger partial charge is 0.138 e. The number of rotatable bonds is 6. The summed E-state index contributed by atoms with van der Waals surface area (Å²) >= 11 is 0. The van der Waals surface area contributed by atoms with Gasteiger partial charge in [-0.1, -0.05) is 6.42 Å². The summed E-state index contributed by atoms with van der Waals surface area (Å²) in [4.78, 5) is 13.0. The number of hydrogen-bond acceptors (Lipinski definition) is 4. The van der Waals surface area contributed by atoms with Crippen molar-refractivity contribution in [2.45, 2.75) is 19.3 Å². The first kappa shape index (κ1) is 23.3. The number of piperidine rings is 1. The number of likely N-dealkylation sites (tertiary alicyclic amines) is 1. The van der Waals surface area contributed by atoms with E-state index in [1.165, 1.54) is 38.0 Å². The number of hydrogen-bond donors (Lipinski definition) is 1. The third-order valence-electron chi connectivity index (χ3n) is 5.47. The fourth-order valence-electron chi connectivity index (χ4n) is 3.73. The van der Waals surface area contributed by atoms with Crippen LogP contribution >= 0.6 is 24.8 Å². The van der Waals surface area contributed by atoms with Crippen molar-refractivity contribution in [2.24, 2.45) is 0 Å². The largest absolute Gasteiger partial charge is 0.497 e. The van der Waals surface area contributed by atoms with Crippen LogP contribution in [0.15, 0.2) is 42.5 Å². The van der Waals surface area contributed by atoms with Crippen LogP contribution < -0.4 is 9.64 Å². The zero-order valence-electron chi connectivity index (χ0n) is 17.1. The molecule has 1 fully saturated rings. The fourth-order valence-corrected chi connectivity index (χ4v) is 3.73. The molecule has 1 saturated heterocycles. The number of H-pyrrole nitrogens is 1. The lowest BCUT2D eigenvalue weighted by molar-refractivity contribution is 0.234. The van der Waals surface area contributed by atoms with Crippen LogP contribution in [0, 0.1) is 0 Å². The zero-order valence-corrected chi connectivity index (χ0v) is 18.7. The Labute approximate surface area is 185 Å². The number of fused-ring (bicyclic) bond motifs is 1. The normalized spacial score (nSPS) is 14.1. The molecule has 0 unspecified atom stereocenters. The highest BCUT2D eigenvalue weighted by Gasteiger charge is 2.11. The van der Waals surface area contributed by atoms with E-state index < -0.39 is 0 Å². The Morgan fingerprint density at radius 2 is 1.76 bits per heavy atom. The van der Waals surface area contributed by atoms with Crippen molar-refractivity contribution in [3.05, 3.63) is 42.5 Å². The average Bonchev–Trinajstić information content (AvgIpc) is 3.16. The van der Waals surface area contributed by atoms with Crippen LogP contribution in [-0.4, -0.2) is 55.2 Å². The van der Waals surface area contributed by atoms with Crippen molar-refractivity contribution in [1.29, 1.82) is 0 Å². The maximum atomic E-state index is 5.29. The molecule has 158 valence electrons. The first-order valence-electron chi connectivity index (χ1n) is 9.80. The molecule has 1 aromatic heterocycles. The standard InChI is InChI=1S/C22H28N4O.2ClH/c1-25(14-15-26-12-4-3-5-13-26)18-8-6-17(7-9-18)22-23-20-11-10-19(27-2)16-21(20)24-22;;/h6-11,16H,3-5,12-15H2,1-2H3,(H,23,24);2*1H. The molecule has 0 atom stereocenters. The topological polar surface area (TPSA) is 44.4 Å². The maximum Gasteiger partial charge on any atom is 0.138 e. The van der Waals surface area contributed by atoms with Crippen molar-refractivity contribution in [1.82, 2.24) is 14.9 Å². The van der Waals surface area contributed by atoms with Gasteiger partial charge >= 0.3 is 0 Å². The van der Waals surface area contributed by atoms with E-state index in [0.29, 0.717) is 0 Å². The Hall–Kier alpha value is -1.95. The second kappa shape index (κ2) is 10.7.